The second-order valence-corrected chi connectivity index (χ2v) is 12.0. The number of sulfone groups is 1. The van der Waals surface area contributed by atoms with Crippen LogP contribution in [0, 0.1) is 11.8 Å². The smallest absolute Gasteiger partial charge is 0.236 e. The number of hydrogen-bond donors (Lipinski definition) is 1. The standard InChI is InChI=1S/C17H27N3O3S3/c1-12-5-13(2)7-20(6-12)8-14-9-25-17(18-14)19-16(21)10-24-15-3-4-26(22,23)11-15/h9,12-13,15H,3-8,10-11H2,1-2H3,(H,18,19,21)/t12-,13+,15-/m1/s1. The van der Waals surface area contributed by atoms with E-state index in [4.69, 9.17) is 0 Å². The molecule has 0 saturated carbocycles. The van der Waals surface area contributed by atoms with Crippen molar-refractivity contribution >= 4 is 44.0 Å². The highest BCUT2D eigenvalue weighted by molar-refractivity contribution is 8.02. The highest BCUT2D eigenvalue weighted by atomic mass is 32.2. The Balaban J connectivity index is 1.43. The first-order chi connectivity index (χ1) is 12.3. The lowest BCUT2D eigenvalue weighted by atomic mass is 9.92. The van der Waals surface area contributed by atoms with Crippen molar-refractivity contribution in [2.24, 2.45) is 11.8 Å². The summed E-state index contributed by atoms with van der Waals surface area (Å²) in [6.45, 7) is 7.62. The second kappa shape index (κ2) is 8.58. The Kier molecular flexibility index (Phi) is 6.63. The van der Waals surface area contributed by atoms with Gasteiger partial charge in [-0.25, -0.2) is 13.4 Å². The number of piperidine rings is 1. The SMILES string of the molecule is C[C@@H]1C[C@H](C)CN(Cc2csc(NC(=O)CS[C@@H]3CCS(=O)(=O)C3)n2)C1. The van der Waals surface area contributed by atoms with E-state index in [0.717, 1.165) is 25.3 Å². The zero-order chi connectivity index (χ0) is 18.7. The fourth-order valence-electron chi connectivity index (χ4n) is 3.83. The van der Waals surface area contributed by atoms with E-state index >= 15 is 0 Å². The van der Waals surface area contributed by atoms with Crippen LogP contribution in [0.3, 0.4) is 0 Å². The lowest BCUT2D eigenvalue weighted by Crippen LogP contribution is -2.38. The highest BCUT2D eigenvalue weighted by Gasteiger charge is 2.28. The van der Waals surface area contributed by atoms with Gasteiger partial charge in [0, 0.05) is 30.3 Å². The number of aromatic nitrogens is 1. The van der Waals surface area contributed by atoms with Gasteiger partial charge in [-0.3, -0.25) is 9.69 Å². The van der Waals surface area contributed by atoms with Crippen LogP contribution in [0.25, 0.3) is 0 Å². The molecule has 1 N–H and O–H groups in total. The number of carbonyl (C=O) groups excluding carboxylic acids is 1. The predicted molar refractivity (Wildman–Crippen MR) is 108 cm³/mol. The number of likely N-dealkylation sites (tertiary alicyclic amines) is 1. The van der Waals surface area contributed by atoms with Crippen molar-refractivity contribution in [2.75, 3.05) is 35.7 Å². The molecule has 0 bridgehead atoms. The summed E-state index contributed by atoms with van der Waals surface area (Å²) in [6, 6.07) is 0. The van der Waals surface area contributed by atoms with E-state index in [0.29, 0.717) is 23.4 Å². The van der Waals surface area contributed by atoms with E-state index < -0.39 is 9.84 Å². The Hall–Kier alpha value is -0.640. The maximum absolute atomic E-state index is 12.1. The molecule has 26 heavy (non-hydrogen) atoms. The molecule has 2 fully saturated rings. The summed E-state index contributed by atoms with van der Waals surface area (Å²) in [7, 11) is -2.89. The summed E-state index contributed by atoms with van der Waals surface area (Å²) in [5.41, 5.74) is 1.00. The molecule has 1 amide bonds. The monoisotopic (exact) mass is 417 g/mol. The molecule has 2 aliphatic heterocycles. The third-order valence-corrected chi connectivity index (χ3v) is 8.86. The van der Waals surface area contributed by atoms with Crippen LogP contribution in [0.2, 0.25) is 0 Å². The van der Waals surface area contributed by atoms with E-state index in [2.05, 4.69) is 29.0 Å². The first-order valence-electron chi connectivity index (χ1n) is 9.07. The number of nitrogens with one attached hydrogen (secondary N) is 1. The summed E-state index contributed by atoms with van der Waals surface area (Å²) in [5.74, 6) is 2.03. The number of thioether (sulfide) groups is 1. The highest BCUT2D eigenvalue weighted by Crippen LogP contribution is 2.26. The van der Waals surface area contributed by atoms with Gasteiger partial charge in [0.15, 0.2) is 15.0 Å². The predicted octanol–water partition coefficient (Wildman–Crippen LogP) is 2.48. The van der Waals surface area contributed by atoms with Crippen LogP contribution in [0.4, 0.5) is 5.13 Å². The molecule has 0 aliphatic carbocycles. The molecule has 6 nitrogen and oxygen atoms in total. The largest absolute Gasteiger partial charge is 0.301 e. The zero-order valence-electron chi connectivity index (χ0n) is 15.3. The number of nitrogens with zero attached hydrogens (tertiary/aromatic N) is 2. The Bertz CT molecular complexity index is 725. The molecule has 3 atom stereocenters. The molecule has 146 valence electrons. The maximum atomic E-state index is 12.1. The molecule has 2 aliphatic rings. The van der Waals surface area contributed by atoms with Crippen molar-refractivity contribution in [3.05, 3.63) is 11.1 Å². The first kappa shape index (κ1) is 20.1. The molecule has 0 aromatic carbocycles. The van der Waals surface area contributed by atoms with Crippen LogP contribution in [0.1, 0.15) is 32.4 Å². The summed E-state index contributed by atoms with van der Waals surface area (Å²) in [4.78, 5) is 19.1. The molecule has 3 heterocycles. The number of thiazole rings is 1. The summed E-state index contributed by atoms with van der Waals surface area (Å²) in [6.07, 6.45) is 1.93. The minimum Gasteiger partial charge on any atom is -0.301 e. The Morgan fingerprint density at radius 2 is 2.12 bits per heavy atom. The Labute approximate surface area is 164 Å². The lowest BCUT2D eigenvalue weighted by molar-refractivity contribution is -0.113. The molecule has 9 heteroatoms. The van der Waals surface area contributed by atoms with E-state index in [1.165, 1.54) is 29.5 Å². The second-order valence-electron chi connectivity index (χ2n) is 7.67. The van der Waals surface area contributed by atoms with Gasteiger partial charge in [-0.2, -0.15) is 0 Å². The van der Waals surface area contributed by atoms with Crippen LogP contribution in [0.15, 0.2) is 5.38 Å². The van der Waals surface area contributed by atoms with E-state index in [1.807, 2.05) is 5.38 Å². The minimum absolute atomic E-state index is 0.0423. The van der Waals surface area contributed by atoms with Crippen LogP contribution >= 0.6 is 23.1 Å². The average Bonchev–Trinajstić information content (AvgIpc) is 3.10. The van der Waals surface area contributed by atoms with Gasteiger partial charge in [0.05, 0.1) is 23.0 Å². The number of rotatable bonds is 6. The number of anilines is 1. The van der Waals surface area contributed by atoms with Gasteiger partial charge in [0.25, 0.3) is 0 Å². The molecule has 2 saturated heterocycles. The quantitative estimate of drug-likeness (QED) is 0.766. The van der Waals surface area contributed by atoms with Crippen LogP contribution in [0.5, 0.6) is 0 Å². The average molecular weight is 418 g/mol. The summed E-state index contributed by atoms with van der Waals surface area (Å²) < 4.78 is 22.9. The van der Waals surface area contributed by atoms with Gasteiger partial charge in [-0.05, 0) is 24.7 Å². The molecule has 0 unspecified atom stereocenters. The third-order valence-electron chi connectivity index (χ3n) is 4.77. The van der Waals surface area contributed by atoms with Gasteiger partial charge >= 0.3 is 0 Å². The molecular weight excluding hydrogens is 390 g/mol. The molecule has 1 aromatic rings. The fraction of sp³-hybridized carbons (Fsp3) is 0.765. The molecule has 0 radical (unpaired) electrons. The van der Waals surface area contributed by atoms with Crippen molar-refractivity contribution in [3.8, 4) is 0 Å². The topological polar surface area (TPSA) is 79.4 Å². The zero-order valence-corrected chi connectivity index (χ0v) is 17.8. The Morgan fingerprint density at radius 3 is 2.77 bits per heavy atom. The summed E-state index contributed by atoms with van der Waals surface area (Å²) >= 11 is 2.88. The number of amides is 1. The normalized spacial score (nSPS) is 28.9. The van der Waals surface area contributed by atoms with E-state index in [9.17, 15) is 13.2 Å². The minimum atomic E-state index is -2.89. The molecular formula is C17H27N3O3S3. The maximum Gasteiger partial charge on any atom is 0.236 e. The van der Waals surface area contributed by atoms with Crippen molar-refractivity contribution in [1.82, 2.24) is 9.88 Å². The van der Waals surface area contributed by atoms with E-state index in [1.54, 1.807) is 0 Å². The van der Waals surface area contributed by atoms with Gasteiger partial charge in [0.2, 0.25) is 5.91 Å². The van der Waals surface area contributed by atoms with Crippen molar-refractivity contribution < 1.29 is 13.2 Å². The molecule has 1 aromatic heterocycles. The van der Waals surface area contributed by atoms with Crippen LogP contribution < -0.4 is 5.32 Å². The van der Waals surface area contributed by atoms with E-state index in [-0.39, 0.29) is 28.4 Å². The van der Waals surface area contributed by atoms with Crippen molar-refractivity contribution in [2.45, 2.75) is 38.5 Å². The van der Waals surface area contributed by atoms with Gasteiger partial charge in [0.1, 0.15) is 0 Å². The van der Waals surface area contributed by atoms with Crippen LogP contribution in [-0.2, 0) is 21.2 Å². The molecule has 0 spiro atoms. The van der Waals surface area contributed by atoms with Crippen LogP contribution in [-0.4, -0.2) is 59.8 Å². The van der Waals surface area contributed by atoms with Gasteiger partial charge in [-0.1, -0.05) is 13.8 Å². The first-order valence-corrected chi connectivity index (χ1v) is 12.8. The van der Waals surface area contributed by atoms with Crippen molar-refractivity contribution in [3.63, 3.8) is 0 Å². The third kappa shape index (κ3) is 5.94. The fourth-order valence-corrected chi connectivity index (χ4v) is 7.99. The number of carbonyl (C=O) groups is 1. The van der Waals surface area contributed by atoms with Gasteiger partial charge in [-0.15, -0.1) is 23.1 Å². The lowest BCUT2D eigenvalue weighted by Gasteiger charge is -2.34. The van der Waals surface area contributed by atoms with Gasteiger partial charge < -0.3 is 5.32 Å². The summed E-state index contributed by atoms with van der Waals surface area (Å²) in [5, 5.41) is 5.52. The Morgan fingerprint density at radius 1 is 1.38 bits per heavy atom. The number of hydrogen-bond acceptors (Lipinski definition) is 7. The molecule has 3 rings (SSSR count). The van der Waals surface area contributed by atoms with Crippen molar-refractivity contribution in [1.29, 1.82) is 0 Å².